The van der Waals surface area contributed by atoms with Crippen molar-refractivity contribution in [2.75, 3.05) is 43.4 Å². The lowest BCUT2D eigenvalue weighted by Crippen LogP contribution is -2.47. The predicted octanol–water partition coefficient (Wildman–Crippen LogP) is 1.79. The molecular formula is C14H21N3OS. The summed E-state index contributed by atoms with van der Waals surface area (Å²) in [6.07, 6.45) is 1.92. The number of piperazine rings is 1. The molecule has 2 rings (SSSR count). The van der Waals surface area contributed by atoms with Crippen molar-refractivity contribution in [1.29, 1.82) is 0 Å². The number of carbonyl (C=O) groups excluding carboxylic acids is 1. The second-order valence-corrected chi connectivity index (χ2v) is 6.13. The fourth-order valence-corrected chi connectivity index (χ4v) is 2.80. The van der Waals surface area contributed by atoms with E-state index in [-0.39, 0.29) is 5.12 Å². The lowest BCUT2D eigenvalue weighted by atomic mass is 10.3. The van der Waals surface area contributed by atoms with Crippen molar-refractivity contribution < 1.29 is 4.79 Å². The van der Waals surface area contributed by atoms with Crippen molar-refractivity contribution in [3.8, 4) is 0 Å². The first-order chi connectivity index (χ1) is 9.15. The average molecular weight is 279 g/mol. The van der Waals surface area contributed by atoms with E-state index >= 15 is 0 Å². The summed E-state index contributed by atoms with van der Waals surface area (Å²) >= 11 is 1.42. The van der Waals surface area contributed by atoms with Gasteiger partial charge < -0.3 is 4.90 Å². The molecule has 5 heteroatoms. The van der Waals surface area contributed by atoms with Gasteiger partial charge in [0.05, 0.1) is 0 Å². The van der Waals surface area contributed by atoms with Crippen molar-refractivity contribution in [2.24, 2.45) is 0 Å². The monoisotopic (exact) mass is 279 g/mol. The van der Waals surface area contributed by atoms with Crippen molar-refractivity contribution in [1.82, 2.24) is 9.88 Å². The first-order valence-electron chi connectivity index (χ1n) is 6.68. The second kappa shape index (κ2) is 6.91. The Labute approximate surface area is 119 Å². The van der Waals surface area contributed by atoms with Crippen molar-refractivity contribution in [2.45, 2.75) is 13.8 Å². The van der Waals surface area contributed by atoms with Gasteiger partial charge in [0.1, 0.15) is 5.82 Å². The van der Waals surface area contributed by atoms with Crippen LogP contribution in [0.15, 0.2) is 18.3 Å². The van der Waals surface area contributed by atoms with E-state index in [1.807, 2.05) is 6.20 Å². The third-order valence-electron chi connectivity index (χ3n) is 3.30. The molecule has 1 aliphatic heterocycles. The quantitative estimate of drug-likeness (QED) is 0.840. The lowest BCUT2D eigenvalue weighted by molar-refractivity contribution is -0.109. The molecule has 4 nitrogen and oxygen atoms in total. The van der Waals surface area contributed by atoms with E-state index < -0.39 is 0 Å². The Morgan fingerprint density at radius 2 is 2.05 bits per heavy atom. The third-order valence-corrected chi connectivity index (χ3v) is 4.10. The van der Waals surface area contributed by atoms with Gasteiger partial charge in [0, 0.05) is 51.6 Å². The van der Waals surface area contributed by atoms with Crippen LogP contribution in [0, 0.1) is 6.92 Å². The maximum Gasteiger partial charge on any atom is 0.185 e. The molecule has 0 spiro atoms. The van der Waals surface area contributed by atoms with E-state index in [0.29, 0.717) is 0 Å². The highest BCUT2D eigenvalue weighted by Gasteiger charge is 2.17. The predicted molar refractivity (Wildman–Crippen MR) is 80.8 cm³/mol. The van der Waals surface area contributed by atoms with Gasteiger partial charge in [-0.2, -0.15) is 0 Å². The zero-order valence-electron chi connectivity index (χ0n) is 11.6. The first-order valence-corrected chi connectivity index (χ1v) is 7.67. The van der Waals surface area contributed by atoms with Crippen LogP contribution in [0.3, 0.4) is 0 Å². The molecule has 0 bridgehead atoms. The summed E-state index contributed by atoms with van der Waals surface area (Å²) in [5.74, 6) is 1.97. The number of rotatable bonds is 4. The standard InChI is InChI=1S/C14H21N3OS/c1-12-3-4-14(15-11-12)17-7-5-16(6-8-17)9-10-19-13(2)18/h3-4,11H,5-10H2,1-2H3. The van der Waals surface area contributed by atoms with E-state index in [2.05, 4.69) is 33.8 Å². The summed E-state index contributed by atoms with van der Waals surface area (Å²) in [5, 5.41) is 0.211. The number of carbonyl (C=O) groups is 1. The Bertz CT molecular complexity index is 413. The maximum atomic E-state index is 10.9. The number of thioether (sulfide) groups is 1. The first kappa shape index (κ1) is 14.3. The zero-order valence-corrected chi connectivity index (χ0v) is 12.4. The van der Waals surface area contributed by atoms with Crippen molar-refractivity contribution in [3.05, 3.63) is 23.9 Å². The fourth-order valence-electron chi connectivity index (χ4n) is 2.17. The summed E-state index contributed by atoms with van der Waals surface area (Å²) in [7, 11) is 0. The molecule has 0 aliphatic carbocycles. The fraction of sp³-hybridized carbons (Fsp3) is 0.571. The normalized spacial score (nSPS) is 16.6. The van der Waals surface area contributed by atoms with Crippen LogP contribution in [0.5, 0.6) is 0 Å². The number of aromatic nitrogens is 1. The Balaban J connectivity index is 1.76. The van der Waals surface area contributed by atoms with Gasteiger partial charge in [-0.3, -0.25) is 9.69 Å². The van der Waals surface area contributed by atoms with E-state index in [1.54, 1.807) is 6.92 Å². The molecule has 1 aromatic heterocycles. The van der Waals surface area contributed by atoms with Gasteiger partial charge in [0.2, 0.25) is 0 Å². The van der Waals surface area contributed by atoms with Crippen LogP contribution in [0.25, 0.3) is 0 Å². The summed E-state index contributed by atoms with van der Waals surface area (Å²) in [6, 6.07) is 4.20. The van der Waals surface area contributed by atoms with Gasteiger partial charge in [-0.25, -0.2) is 4.98 Å². The highest BCUT2D eigenvalue weighted by Crippen LogP contribution is 2.14. The summed E-state index contributed by atoms with van der Waals surface area (Å²) in [5.41, 5.74) is 1.20. The summed E-state index contributed by atoms with van der Waals surface area (Å²) < 4.78 is 0. The van der Waals surface area contributed by atoms with Crippen molar-refractivity contribution >= 4 is 22.7 Å². The molecule has 0 atom stereocenters. The van der Waals surface area contributed by atoms with Crippen LogP contribution >= 0.6 is 11.8 Å². The van der Waals surface area contributed by atoms with Crippen molar-refractivity contribution in [3.63, 3.8) is 0 Å². The van der Waals surface area contributed by atoms with Gasteiger partial charge in [-0.15, -0.1) is 0 Å². The second-order valence-electron chi connectivity index (χ2n) is 4.86. The van der Waals surface area contributed by atoms with E-state index in [9.17, 15) is 4.79 Å². The molecule has 0 unspecified atom stereocenters. The molecular weight excluding hydrogens is 258 g/mol. The Kier molecular flexibility index (Phi) is 5.22. The third kappa shape index (κ3) is 4.51. The molecule has 0 amide bonds. The Morgan fingerprint density at radius 3 is 2.63 bits per heavy atom. The Hall–Kier alpha value is -1.07. The largest absolute Gasteiger partial charge is 0.354 e. The maximum absolute atomic E-state index is 10.9. The van der Waals surface area contributed by atoms with Crippen LogP contribution in [-0.2, 0) is 4.79 Å². The van der Waals surface area contributed by atoms with Crippen LogP contribution in [0.1, 0.15) is 12.5 Å². The Morgan fingerprint density at radius 1 is 1.32 bits per heavy atom. The van der Waals surface area contributed by atoms with Crippen LogP contribution < -0.4 is 4.90 Å². The smallest absolute Gasteiger partial charge is 0.185 e. The molecule has 0 aromatic carbocycles. The van der Waals surface area contributed by atoms with E-state index in [1.165, 1.54) is 17.3 Å². The SMILES string of the molecule is CC(=O)SCCN1CCN(c2ccc(C)cn2)CC1. The number of nitrogens with zero attached hydrogens (tertiary/aromatic N) is 3. The van der Waals surface area contributed by atoms with E-state index in [4.69, 9.17) is 0 Å². The minimum absolute atomic E-state index is 0.211. The number of anilines is 1. The number of hydrogen-bond donors (Lipinski definition) is 0. The molecule has 2 heterocycles. The van der Waals surface area contributed by atoms with Gasteiger partial charge in [0.25, 0.3) is 0 Å². The molecule has 1 saturated heterocycles. The van der Waals surface area contributed by atoms with Gasteiger partial charge in [0.15, 0.2) is 5.12 Å². The average Bonchev–Trinajstić information content (AvgIpc) is 2.40. The molecule has 19 heavy (non-hydrogen) atoms. The van der Waals surface area contributed by atoms with Crippen LogP contribution in [-0.4, -0.2) is 53.5 Å². The molecule has 0 saturated carbocycles. The lowest BCUT2D eigenvalue weighted by Gasteiger charge is -2.35. The summed E-state index contributed by atoms with van der Waals surface area (Å²) in [6.45, 7) is 8.82. The van der Waals surface area contributed by atoms with Gasteiger partial charge in [-0.1, -0.05) is 17.8 Å². The number of pyridine rings is 1. The molecule has 104 valence electrons. The minimum Gasteiger partial charge on any atom is -0.354 e. The van der Waals surface area contributed by atoms with E-state index in [0.717, 1.165) is 44.3 Å². The van der Waals surface area contributed by atoms with Gasteiger partial charge >= 0.3 is 0 Å². The topological polar surface area (TPSA) is 36.4 Å². The minimum atomic E-state index is 0.211. The summed E-state index contributed by atoms with van der Waals surface area (Å²) in [4.78, 5) is 20.1. The zero-order chi connectivity index (χ0) is 13.7. The van der Waals surface area contributed by atoms with Gasteiger partial charge in [-0.05, 0) is 18.6 Å². The van der Waals surface area contributed by atoms with Crippen LogP contribution in [0.2, 0.25) is 0 Å². The molecule has 1 aromatic rings. The molecule has 1 aliphatic rings. The number of hydrogen-bond acceptors (Lipinski definition) is 5. The van der Waals surface area contributed by atoms with Crippen LogP contribution in [0.4, 0.5) is 5.82 Å². The molecule has 0 N–H and O–H groups in total. The highest BCUT2D eigenvalue weighted by molar-refractivity contribution is 8.13. The molecule has 0 radical (unpaired) electrons. The number of aryl methyl sites for hydroxylation is 1. The molecule has 1 fully saturated rings. The highest BCUT2D eigenvalue weighted by atomic mass is 32.2.